The van der Waals surface area contributed by atoms with Gasteiger partial charge in [0.15, 0.2) is 9.84 Å². The second-order valence-electron chi connectivity index (χ2n) is 7.21. The van der Waals surface area contributed by atoms with E-state index in [1.54, 1.807) is 24.3 Å². The van der Waals surface area contributed by atoms with Crippen LogP contribution in [-0.4, -0.2) is 55.3 Å². The fourth-order valence-corrected chi connectivity index (χ4v) is 5.47. The van der Waals surface area contributed by atoms with Crippen molar-refractivity contribution in [3.63, 3.8) is 0 Å². The Morgan fingerprint density at radius 3 is 2.42 bits per heavy atom. The number of carbonyl (C=O) groups excluding carboxylic acids is 2. The highest BCUT2D eigenvalue weighted by Crippen LogP contribution is 2.22. The van der Waals surface area contributed by atoms with Gasteiger partial charge in [-0.25, -0.2) is 8.42 Å². The van der Waals surface area contributed by atoms with E-state index in [-0.39, 0.29) is 29.4 Å². The lowest BCUT2D eigenvalue weighted by molar-refractivity contribution is 0.0607. The monoisotopic (exact) mass is 378 g/mol. The maximum absolute atomic E-state index is 12.8. The summed E-state index contributed by atoms with van der Waals surface area (Å²) in [7, 11) is -3.03. The summed E-state index contributed by atoms with van der Waals surface area (Å²) in [5.74, 6) is -0.149. The average Bonchev–Trinajstić information content (AvgIpc) is 2.99. The Morgan fingerprint density at radius 2 is 1.81 bits per heavy atom. The number of rotatable bonds is 4. The highest BCUT2D eigenvalue weighted by Gasteiger charge is 2.29. The van der Waals surface area contributed by atoms with E-state index in [4.69, 9.17) is 0 Å². The molecule has 6 nitrogen and oxygen atoms in total. The molecule has 2 aliphatic heterocycles. The molecule has 1 aromatic carbocycles. The second-order valence-corrected chi connectivity index (χ2v) is 9.44. The van der Waals surface area contributed by atoms with Gasteiger partial charge in [0.1, 0.15) is 0 Å². The van der Waals surface area contributed by atoms with Crippen LogP contribution in [0.3, 0.4) is 0 Å². The van der Waals surface area contributed by atoms with Crippen molar-refractivity contribution in [2.24, 2.45) is 0 Å². The van der Waals surface area contributed by atoms with E-state index in [1.165, 1.54) is 0 Å². The summed E-state index contributed by atoms with van der Waals surface area (Å²) in [6, 6.07) is 6.61. The number of benzene rings is 1. The van der Waals surface area contributed by atoms with E-state index in [2.05, 4.69) is 12.2 Å². The fourth-order valence-electron chi connectivity index (χ4n) is 3.80. The zero-order chi connectivity index (χ0) is 18.7. The molecular weight excluding hydrogens is 352 g/mol. The molecule has 7 heteroatoms. The van der Waals surface area contributed by atoms with E-state index in [0.717, 1.165) is 32.2 Å². The molecule has 0 saturated carbocycles. The van der Waals surface area contributed by atoms with Crippen molar-refractivity contribution in [2.45, 2.75) is 51.1 Å². The fraction of sp³-hybridized carbons (Fsp3) is 0.579. The highest BCUT2D eigenvalue weighted by molar-refractivity contribution is 7.91. The third kappa shape index (κ3) is 4.26. The Morgan fingerprint density at radius 1 is 1.12 bits per heavy atom. The highest BCUT2D eigenvalue weighted by atomic mass is 32.2. The van der Waals surface area contributed by atoms with E-state index in [1.807, 2.05) is 4.90 Å². The molecule has 0 spiro atoms. The first kappa shape index (κ1) is 18.9. The van der Waals surface area contributed by atoms with Crippen LogP contribution >= 0.6 is 0 Å². The minimum absolute atomic E-state index is 0.00265. The Balaban J connectivity index is 1.64. The first-order chi connectivity index (χ1) is 12.4. The number of amides is 2. The third-order valence-electron chi connectivity index (χ3n) is 5.32. The Kier molecular flexibility index (Phi) is 5.65. The van der Waals surface area contributed by atoms with Gasteiger partial charge in [-0.2, -0.15) is 0 Å². The van der Waals surface area contributed by atoms with Gasteiger partial charge in [-0.1, -0.05) is 6.92 Å². The van der Waals surface area contributed by atoms with Crippen LogP contribution < -0.4 is 5.32 Å². The summed E-state index contributed by atoms with van der Waals surface area (Å²) >= 11 is 0. The molecule has 0 aromatic heterocycles. The van der Waals surface area contributed by atoms with Crippen LogP contribution in [0.1, 0.15) is 59.7 Å². The standard InChI is InChI=1S/C19H26N2O4S/c1-2-17-5-3-4-11-21(17)19(23)15-8-6-14(7-9-15)18(22)20-16-10-12-26(24,25)13-16/h6-9,16-17H,2-5,10-13H2,1H3,(H,20,22). The van der Waals surface area contributed by atoms with Crippen molar-refractivity contribution in [3.05, 3.63) is 35.4 Å². The number of carbonyl (C=O) groups is 2. The number of likely N-dealkylation sites (tertiary alicyclic amines) is 1. The molecular formula is C19H26N2O4S. The number of piperidine rings is 1. The van der Waals surface area contributed by atoms with Crippen LogP contribution in [0.15, 0.2) is 24.3 Å². The third-order valence-corrected chi connectivity index (χ3v) is 7.09. The SMILES string of the molecule is CCC1CCCCN1C(=O)c1ccc(C(=O)NC2CCS(=O)(=O)C2)cc1. The van der Waals surface area contributed by atoms with E-state index in [0.29, 0.717) is 23.6 Å². The normalized spacial score (nSPS) is 25.0. The summed E-state index contributed by atoms with van der Waals surface area (Å²) in [5, 5.41) is 2.77. The molecule has 0 radical (unpaired) electrons. The van der Waals surface area contributed by atoms with Crippen molar-refractivity contribution < 1.29 is 18.0 Å². The van der Waals surface area contributed by atoms with Crippen LogP contribution in [0.4, 0.5) is 0 Å². The number of nitrogens with one attached hydrogen (secondary N) is 1. The molecule has 2 atom stereocenters. The lowest BCUT2D eigenvalue weighted by atomic mass is 9.98. The molecule has 2 amide bonds. The molecule has 0 bridgehead atoms. The lowest BCUT2D eigenvalue weighted by Crippen LogP contribution is -2.43. The molecule has 2 fully saturated rings. The first-order valence-electron chi connectivity index (χ1n) is 9.32. The van der Waals surface area contributed by atoms with Crippen molar-refractivity contribution in [3.8, 4) is 0 Å². The topological polar surface area (TPSA) is 83.6 Å². The second kappa shape index (κ2) is 7.78. The summed E-state index contributed by atoms with van der Waals surface area (Å²) in [5.41, 5.74) is 1.03. The number of hydrogen-bond acceptors (Lipinski definition) is 4. The van der Waals surface area contributed by atoms with Crippen molar-refractivity contribution in [2.75, 3.05) is 18.1 Å². The maximum atomic E-state index is 12.8. The predicted molar refractivity (Wildman–Crippen MR) is 99.9 cm³/mol. The number of hydrogen-bond donors (Lipinski definition) is 1. The first-order valence-corrected chi connectivity index (χ1v) is 11.1. The van der Waals surface area contributed by atoms with E-state index in [9.17, 15) is 18.0 Å². The van der Waals surface area contributed by atoms with Gasteiger partial charge in [0, 0.05) is 29.8 Å². The minimum atomic E-state index is -3.03. The maximum Gasteiger partial charge on any atom is 0.254 e. The van der Waals surface area contributed by atoms with Gasteiger partial charge in [0.25, 0.3) is 11.8 Å². The molecule has 2 saturated heterocycles. The van der Waals surface area contributed by atoms with Gasteiger partial charge in [0.05, 0.1) is 11.5 Å². The quantitative estimate of drug-likeness (QED) is 0.869. The molecule has 2 unspecified atom stereocenters. The zero-order valence-electron chi connectivity index (χ0n) is 15.1. The molecule has 1 aromatic rings. The van der Waals surface area contributed by atoms with Gasteiger partial charge in [0.2, 0.25) is 0 Å². The predicted octanol–water partition coefficient (Wildman–Crippen LogP) is 2.01. The molecule has 1 N–H and O–H groups in total. The van der Waals surface area contributed by atoms with Crippen molar-refractivity contribution >= 4 is 21.7 Å². The molecule has 142 valence electrons. The van der Waals surface area contributed by atoms with E-state index < -0.39 is 9.84 Å². The summed E-state index contributed by atoms with van der Waals surface area (Å²) in [6.07, 6.45) is 4.66. The van der Waals surface area contributed by atoms with Gasteiger partial charge < -0.3 is 10.2 Å². The van der Waals surface area contributed by atoms with Gasteiger partial charge in [-0.05, 0) is 56.4 Å². The average molecular weight is 378 g/mol. The molecule has 0 aliphatic carbocycles. The summed E-state index contributed by atoms with van der Waals surface area (Å²) in [4.78, 5) is 27.0. The van der Waals surface area contributed by atoms with Crippen LogP contribution in [0.5, 0.6) is 0 Å². The Hall–Kier alpha value is -1.89. The van der Waals surface area contributed by atoms with Gasteiger partial charge >= 0.3 is 0 Å². The van der Waals surface area contributed by atoms with E-state index >= 15 is 0 Å². The van der Waals surface area contributed by atoms with Gasteiger partial charge in [-0.15, -0.1) is 0 Å². The van der Waals surface area contributed by atoms with Crippen LogP contribution in [0, 0.1) is 0 Å². The van der Waals surface area contributed by atoms with Crippen LogP contribution in [-0.2, 0) is 9.84 Å². The molecule has 26 heavy (non-hydrogen) atoms. The van der Waals surface area contributed by atoms with Crippen molar-refractivity contribution in [1.82, 2.24) is 10.2 Å². The Labute approximate surface area is 154 Å². The molecule has 3 rings (SSSR count). The van der Waals surface area contributed by atoms with Crippen LogP contribution in [0.25, 0.3) is 0 Å². The largest absolute Gasteiger partial charge is 0.348 e. The Bertz CT molecular complexity index is 773. The lowest BCUT2D eigenvalue weighted by Gasteiger charge is -2.35. The van der Waals surface area contributed by atoms with Gasteiger partial charge in [-0.3, -0.25) is 9.59 Å². The molecule has 2 heterocycles. The summed E-state index contributed by atoms with van der Waals surface area (Å²) in [6.45, 7) is 2.89. The summed E-state index contributed by atoms with van der Waals surface area (Å²) < 4.78 is 23.0. The van der Waals surface area contributed by atoms with Crippen molar-refractivity contribution in [1.29, 1.82) is 0 Å². The number of sulfone groups is 1. The minimum Gasteiger partial charge on any atom is -0.348 e. The smallest absolute Gasteiger partial charge is 0.254 e. The molecule has 2 aliphatic rings. The van der Waals surface area contributed by atoms with Crippen LogP contribution in [0.2, 0.25) is 0 Å². The number of nitrogens with zero attached hydrogens (tertiary/aromatic N) is 1. The zero-order valence-corrected chi connectivity index (χ0v) is 15.9.